The summed E-state index contributed by atoms with van der Waals surface area (Å²) in [5, 5.41) is 8.43. The van der Waals surface area contributed by atoms with Gasteiger partial charge in [-0.1, -0.05) is 37.6 Å². The molecule has 0 spiro atoms. The minimum absolute atomic E-state index is 0.0321. The Bertz CT molecular complexity index is 877. The predicted molar refractivity (Wildman–Crippen MR) is 105 cm³/mol. The number of halogens is 1. The molecule has 134 valence electrons. The van der Waals surface area contributed by atoms with Gasteiger partial charge in [0.25, 0.3) is 0 Å². The highest BCUT2D eigenvalue weighted by molar-refractivity contribution is 7.14. The summed E-state index contributed by atoms with van der Waals surface area (Å²) >= 11 is 1.41. The van der Waals surface area contributed by atoms with Crippen LogP contribution in [-0.4, -0.2) is 10.9 Å². The van der Waals surface area contributed by atoms with Gasteiger partial charge in [0.15, 0.2) is 5.13 Å². The molecule has 3 rings (SSSR count). The summed E-state index contributed by atoms with van der Waals surface area (Å²) in [6.45, 7) is 2.06. The first kappa shape index (κ1) is 18.1. The molecule has 0 atom stereocenters. The number of hydrogen-bond donors (Lipinski definition) is 2. The van der Waals surface area contributed by atoms with E-state index in [1.807, 2.05) is 29.6 Å². The van der Waals surface area contributed by atoms with Gasteiger partial charge in [0.05, 0.1) is 11.4 Å². The van der Waals surface area contributed by atoms with Crippen LogP contribution in [0.4, 0.5) is 20.9 Å². The third kappa shape index (κ3) is 4.67. The summed E-state index contributed by atoms with van der Waals surface area (Å²) in [5.41, 5.74) is 2.92. The lowest BCUT2D eigenvalue weighted by molar-refractivity contribution is -0.116. The van der Waals surface area contributed by atoms with E-state index in [0.29, 0.717) is 17.2 Å². The number of rotatable bonds is 7. The summed E-state index contributed by atoms with van der Waals surface area (Å²) in [7, 11) is 0. The molecule has 4 nitrogen and oxygen atoms in total. The van der Waals surface area contributed by atoms with Crippen molar-refractivity contribution in [3.63, 3.8) is 0 Å². The van der Waals surface area contributed by atoms with Crippen LogP contribution < -0.4 is 10.6 Å². The highest BCUT2D eigenvalue weighted by Crippen LogP contribution is 2.28. The van der Waals surface area contributed by atoms with Gasteiger partial charge in [0, 0.05) is 23.1 Å². The maximum Gasteiger partial charge on any atom is 0.224 e. The first-order valence-corrected chi connectivity index (χ1v) is 9.41. The van der Waals surface area contributed by atoms with Crippen molar-refractivity contribution in [2.24, 2.45) is 0 Å². The number of thiazole rings is 1. The molecule has 1 aromatic heterocycles. The SMILES string of the molecule is CCCCC(=O)Nc1ccc(-c2csc(Nc3ccccc3F)n2)cc1. The number of unbranched alkanes of at least 4 members (excludes halogenated alkanes) is 1. The zero-order valence-electron chi connectivity index (χ0n) is 14.5. The van der Waals surface area contributed by atoms with E-state index < -0.39 is 0 Å². The maximum atomic E-state index is 13.7. The zero-order valence-corrected chi connectivity index (χ0v) is 15.3. The van der Waals surface area contributed by atoms with Crippen LogP contribution in [0, 0.1) is 5.82 Å². The van der Waals surface area contributed by atoms with Gasteiger partial charge in [-0.2, -0.15) is 0 Å². The van der Waals surface area contributed by atoms with Crippen molar-refractivity contribution < 1.29 is 9.18 Å². The quantitative estimate of drug-likeness (QED) is 0.551. The monoisotopic (exact) mass is 369 g/mol. The largest absolute Gasteiger partial charge is 0.329 e. The van der Waals surface area contributed by atoms with Crippen LogP contribution in [-0.2, 0) is 4.79 Å². The first-order chi connectivity index (χ1) is 12.7. The van der Waals surface area contributed by atoms with E-state index >= 15 is 0 Å². The molecule has 26 heavy (non-hydrogen) atoms. The highest BCUT2D eigenvalue weighted by atomic mass is 32.1. The van der Waals surface area contributed by atoms with E-state index in [1.165, 1.54) is 17.4 Å². The molecule has 1 heterocycles. The first-order valence-electron chi connectivity index (χ1n) is 8.53. The normalized spacial score (nSPS) is 10.5. The zero-order chi connectivity index (χ0) is 18.4. The Hall–Kier alpha value is -2.73. The second-order valence-corrected chi connectivity index (χ2v) is 6.73. The number of carbonyl (C=O) groups excluding carboxylic acids is 1. The molecule has 0 bridgehead atoms. The smallest absolute Gasteiger partial charge is 0.224 e. The molecule has 6 heteroatoms. The minimum Gasteiger partial charge on any atom is -0.329 e. The molecular weight excluding hydrogens is 349 g/mol. The standard InChI is InChI=1S/C20H20FN3OS/c1-2-3-8-19(25)22-15-11-9-14(10-12-15)18-13-26-20(24-18)23-17-7-5-4-6-16(17)21/h4-7,9-13H,2-3,8H2,1H3,(H,22,25)(H,23,24). The van der Waals surface area contributed by atoms with Crippen LogP contribution >= 0.6 is 11.3 Å². The third-order valence-corrected chi connectivity index (χ3v) is 4.60. The molecule has 0 aliphatic heterocycles. The molecule has 3 aromatic rings. The summed E-state index contributed by atoms with van der Waals surface area (Å²) < 4.78 is 13.7. The van der Waals surface area contributed by atoms with Crippen molar-refractivity contribution in [2.45, 2.75) is 26.2 Å². The van der Waals surface area contributed by atoms with Crippen LogP contribution in [0.25, 0.3) is 11.3 Å². The fourth-order valence-electron chi connectivity index (χ4n) is 2.43. The molecule has 0 fully saturated rings. The Morgan fingerprint density at radius 2 is 1.92 bits per heavy atom. The molecule has 0 radical (unpaired) electrons. The molecule has 2 N–H and O–H groups in total. The molecule has 0 saturated carbocycles. The maximum absolute atomic E-state index is 13.7. The van der Waals surface area contributed by atoms with Crippen molar-refractivity contribution in [3.05, 3.63) is 59.7 Å². The lowest BCUT2D eigenvalue weighted by Gasteiger charge is -2.05. The van der Waals surface area contributed by atoms with Crippen LogP contribution in [0.15, 0.2) is 53.9 Å². The second-order valence-electron chi connectivity index (χ2n) is 5.87. The molecule has 0 aliphatic rings. The van der Waals surface area contributed by atoms with Crippen molar-refractivity contribution in [1.29, 1.82) is 0 Å². The van der Waals surface area contributed by atoms with Crippen molar-refractivity contribution >= 4 is 33.8 Å². The molecular formula is C20H20FN3OS. The van der Waals surface area contributed by atoms with Gasteiger partial charge < -0.3 is 10.6 Å². The lowest BCUT2D eigenvalue weighted by Crippen LogP contribution is -2.10. The fraction of sp³-hybridized carbons (Fsp3) is 0.200. The number of nitrogens with zero attached hydrogens (tertiary/aromatic N) is 1. The number of carbonyl (C=O) groups is 1. The van der Waals surface area contributed by atoms with Gasteiger partial charge in [-0.25, -0.2) is 9.37 Å². The van der Waals surface area contributed by atoms with Crippen molar-refractivity contribution in [3.8, 4) is 11.3 Å². The van der Waals surface area contributed by atoms with E-state index in [1.54, 1.807) is 18.2 Å². The van der Waals surface area contributed by atoms with Crippen LogP contribution in [0.3, 0.4) is 0 Å². The summed E-state index contributed by atoms with van der Waals surface area (Å²) in [5.74, 6) is -0.281. The van der Waals surface area contributed by atoms with Crippen LogP contribution in [0.1, 0.15) is 26.2 Å². The fourth-order valence-corrected chi connectivity index (χ4v) is 3.16. The Labute approximate surface area is 156 Å². The van der Waals surface area contributed by atoms with Crippen molar-refractivity contribution in [2.75, 3.05) is 10.6 Å². The third-order valence-electron chi connectivity index (χ3n) is 3.84. The molecule has 0 unspecified atom stereocenters. The van der Waals surface area contributed by atoms with Crippen LogP contribution in [0.5, 0.6) is 0 Å². The minimum atomic E-state index is -0.313. The summed E-state index contributed by atoms with van der Waals surface area (Å²) in [4.78, 5) is 16.3. The van der Waals surface area contributed by atoms with Gasteiger partial charge in [0.2, 0.25) is 5.91 Å². The van der Waals surface area contributed by atoms with Gasteiger partial charge in [0.1, 0.15) is 5.82 Å². The lowest BCUT2D eigenvalue weighted by atomic mass is 10.1. The Morgan fingerprint density at radius 1 is 1.15 bits per heavy atom. The average molecular weight is 369 g/mol. The Kier molecular flexibility index (Phi) is 5.96. The topological polar surface area (TPSA) is 54.0 Å². The number of amides is 1. The summed E-state index contributed by atoms with van der Waals surface area (Å²) in [6.07, 6.45) is 2.43. The number of anilines is 3. The number of aromatic nitrogens is 1. The number of hydrogen-bond acceptors (Lipinski definition) is 4. The molecule has 2 aromatic carbocycles. The molecule has 1 amide bonds. The van der Waals surface area contributed by atoms with Crippen molar-refractivity contribution in [1.82, 2.24) is 4.98 Å². The second kappa shape index (κ2) is 8.58. The number of para-hydroxylation sites is 1. The van der Waals surface area contributed by atoms with Gasteiger partial charge in [-0.05, 0) is 30.7 Å². The highest BCUT2D eigenvalue weighted by Gasteiger charge is 2.08. The van der Waals surface area contributed by atoms with Gasteiger partial charge >= 0.3 is 0 Å². The Balaban J connectivity index is 1.66. The average Bonchev–Trinajstić information content (AvgIpc) is 3.11. The number of nitrogens with one attached hydrogen (secondary N) is 2. The van der Waals surface area contributed by atoms with Gasteiger partial charge in [-0.3, -0.25) is 4.79 Å². The summed E-state index contributed by atoms with van der Waals surface area (Å²) in [6, 6.07) is 14.1. The predicted octanol–water partition coefficient (Wildman–Crippen LogP) is 5.82. The van der Waals surface area contributed by atoms with E-state index in [0.717, 1.165) is 29.8 Å². The van der Waals surface area contributed by atoms with E-state index in [2.05, 4.69) is 22.5 Å². The van der Waals surface area contributed by atoms with E-state index in [4.69, 9.17) is 0 Å². The van der Waals surface area contributed by atoms with Gasteiger partial charge in [-0.15, -0.1) is 11.3 Å². The van der Waals surface area contributed by atoms with Crippen LogP contribution in [0.2, 0.25) is 0 Å². The van der Waals surface area contributed by atoms with E-state index in [-0.39, 0.29) is 11.7 Å². The Morgan fingerprint density at radius 3 is 2.65 bits per heavy atom. The molecule has 0 aliphatic carbocycles. The number of benzene rings is 2. The molecule has 0 saturated heterocycles. The van der Waals surface area contributed by atoms with E-state index in [9.17, 15) is 9.18 Å².